The molecule has 0 unspecified atom stereocenters. The highest BCUT2D eigenvalue weighted by Crippen LogP contribution is 2.22. The van der Waals surface area contributed by atoms with Crippen molar-refractivity contribution in [3.63, 3.8) is 0 Å². The molecule has 0 radical (unpaired) electrons. The molecule has 34 heavy (non-hydrogen) atoms. The molecule has 1 atom stereocenters. The van der Waals surface area contributed by atoms with Crippen LogP contribution in [-0.4, -0.2) is 31.1 Å². The minimum atomic E-state index is -0.343. The van der Waals surface area contributed by atoms with E-state index in [2.05, 4.69) is 5.32 Å². The van der Waals surface area contributed by atoms with Crippen molar-refractivity contribution < 1.29 is 18.7 Å². The average molecular weight is 461 g/mol. The second kappa shape index (κ2) is 11.1. The lowest BCUT2D eigenvalue weighted by molar-refractivity contribution is -0.120. The zero-order chi connectivity index (χ0) is 23.9. The van der Waals surface area contributed by atoms with Crippen LogP contribution in [0.4, 0.5) is 10.1 Å². The zero-order valence-electron chi connectivity index (χ0n) is 19.3. The Morgan fingerprint density at radius 2 is 1.79 bits per heavy atom. The lowest BCUT2D eigenvalue weighted by Crippen LogP contribution is -2.32. The molecule has 1 aliphatic rings. The van der Waals surface area contributed by atoms with Gasteiger partial charge in [-0.1, -0.05) is 42.0 Å². The lowest BCUT2D eigenvalue weighted by Gasteiger charge is -2.24. The van der Waals surface area contributed by atoms with Gasteiger partial charge >= 0.3 is 0 Å². The number of hydrogen-bond donors (Lipinski definition) is 1. The fourth-order valence-corrected chi connectivity index (χ4v) is 4.02. The fourth-order valence-electron chi connectivity index (χ4n) is 4.02. The van der Waals surface area contributed by atoms with Crippen LogP contribution in [0, 0.1) is 12.7 Å². The van der Waals surface area contributed by atoms with Gasteiger partial charge in [-0.2, -0.15) is 0 Å². The number of ether oxygens (including phenoxy) is 1. The van der Waals surface area contributed by atoms with Gasteiger partial charge in [-0.15, -0.1) is 0 Å². The van der Waals surface area contributed by atoms with Gasteiger partial charge in [0.1, 0.15) is 5.82 Å². The van der Waals surface area contributed by atoms with Crippen molar-refractivity contribution in [3.8, 4) is 0 Å². The van der Waals surface area contributed by atoms with E-state index in [-0.39, 0.29) is 36.7 Å². The summed E-state index contributed by atoms with van der Waals surface area (Å²) in [7, 11) is 0. The number of anilines is 1. The Hall–Kier alpha value is -3.51. The number of aryl methyl sites for hydroxylation is 1. The highest BCUT2D eigenvalue weighted by molar-refractivity contribution is 6.06. The summed E-state index contributed by atoms with van der Waals surface area (Å²) in [5.74, 6) is -0.577. The van der Waals surface area contributed by atoms with E-state index in [0.29, 0.717) is 23.4 Å². The number of nitrogens with one attached hydrogen (secondary N) is 1. The third kappa shape index (κ3) is 6.29. The molecule has 3 aromatic rings. The molecule has 1 heterocycles. The minimum absolute atomic E-state index is 0.0596. The second-order valence-corrected chi connectivity index (χ2v) is 8.67. The van der Waals surface area contributed by atoms with Gasteiger partial charge in [-0.05, 0) is 67.3 Å². The Morgan fingerprint density at radius 1 is 1.03 bits per heavy atom. The predicted molar refractivity (Wildman–Crippen MR) is 130 cm³/mol. The van der Waals surface area contributed by atoms with Crippen molar-refractivity contribution in [2.75, 3.05) is 18.1 Å². The van der Waals surface area contributed by atoms with Crippen LogP contribution in [0.25, 0.3) is 0 Å². The summed E-state index contributed by atoms with van der Waals surface area (Å²) in [4.78, 5) is 27.3. The molecule has 0 bridgehead atoms. The summed E-state index contributed by atoms with van der Waals surface area (Å²) < 4.78 is 19.3. The van der Waals surface area contributed by atoms with Gasteiger partial charge in [0.25, 0.3) is 5.91 Å². The van der Waals surface area contributed by atoms with E-state index in [4.69, 9.17) is 4.74 Å². The average Bonchev–Trinajstić information content (AvgIpc) is 3.36. The van der Waals surface area contributed by atoms with Crippen LogP contribution >= 0.6 is 0 Å². The topological polar surface area (TPSA) is 58.6 Å². The maximum Gasteiger partial charge on any atom is 0.258 e. The molecule has 1 N–H and O–H groups in total. The van der Waals surface area contributed by atoms with Crippen LogP contribution in [0.2, 0.25) is 0 Å². The fraction of sp³-hybridized carbons (Fsp3) is 0.286. The molecule has 1 aliphatic heterocycles. The molecule has 6 heteroatoms. The Balaban J connectivity index is 1.49. The number of rotatable bonds is 8. The molecular weight excluding hydrogens is 431 g/mol. The van der Waals surface area contributed by atoms with Crippen molar-refractivity contribution in [2.24, 2.45) is 0 Å². The number of amides is 2. The van der Waals surface area contributed by atoms with Gasteiger partial charge < -0.3 is 15.0 Å². The van der Waals surface area contributed by atoms with E-state index in [1.165, 1.54) is 12.1 Å². The van der Waals surface area contributed by atoms with Crippen molar-refractivity contribution in [1.82, 2.24) is 5.32 Å². The Bertz CT molecular complexity index is 1120. The number of benzene rings is 3. The largest absolute Gasteiger partial charge is 0.376 e. The van der Waals surface area contributed by atoms with Gasteiger partial charge in [-0.25, -0.2) is 4.39 Å². The number of carbonyl (C=O) groups excluding carboxylic acids is 2. The minimum Gasteiger partial charge on any atom is -0.376 e. The van der Waals surface area contributed by atoms with Gasteiger partial charge in [0, 0.05) is 24.4 Å². The van der Waals surface area contributed by atoms with Crippen LogP contribution in [0.5, 0.6) is 0 Å². The molecule has 0 aliphatic carbocycles. The first kappa shape index (κ1) is 23.6. The zero-order valence-corrected chi connectivity index (χ0v) is 19.3. The first-order valence-corrected chi connectivity index (χ1v) is 11.6. The summed E-state index contributed by atoms with van der Waals surface area (Å²) in [6.45, 7) is 3.49. The van der Waals surface area contributed by atoms with Crippen LogP contribution in [-0.2, 0) is 22.5 Å². The van der Waals surface area contributed by atoms with Crippen LogP contribution in [0.15, 0.2) is 72.8 Å². The molecule has 0 saturated carbocycles. The SMILES string of the molecule is Cc1ccc(C(=O)N(Cc2cccc(F)c2)c2ccc(CC(=O)NC[C@@H]3CCCO3)cc2)cc1. The third-order valence-corrected chi connectivity index (χ3v) is 5.94. The normalized spacial score (nSPS) is 15.2. The molecule has 1 saturated heterocycles. The maximum absolute atomic E-state index is 13.8. The van der Waals surface area contributed by atoms with E-state index >= 15 is 0 Å². The Labute approximate surface area is 199 Å². The monoisotopic (exact) mass is 460 g/mol. The molecule has 3 aromatic carbocycles. The van der Waals surface area contributed by atoms with E-state index in [1.807, 2.05) is 43.3 Å². The number of carbonyl (C=O) groups is 2. The molecular formula is C28H29FN2O3. The van der Waals surface area contributed by atoms with Crippen LogP contribution in [0.3, 0.4) is 0 Å². The number of halogens is 1. The van der Waals surface area contributed by atoms with Crippen molar-refractivity contribution in [2.45, 2.75) is 38.8 Å². The van der Waals surface area contributed by atoms with E-state index < -0.39 is 0 Å². The summed E-state index contributed by atoms with van der Waals surface area (Å²) in [6, 6.07) is 21.0. The highest BCUT2D eigenvalue weighted by atomic mass is 19.1. The number of hydrogen-bond acceptors (Lipinski definition) is 3. The van der Waals surface area contributed by atoms with Gasteiger partial charge in [0.15, 0.2) is 0 Å². The first-order chi connectivity index (χ1) is 16.5. The molecule has 1 fully saturated rings. The Kier molecular flexibility index (Phi) is 7.70. The highest BCUT2D eigenvalue weighted by Gasteiger charge is 2.19. The first-order valence-electron chi connectivity index (χ1n) is 11.6. The number of nitrogens with zero attached hydrogens (tertiary/aromatic N) is 1. The maximum atomic E-state index is 13.8. The summed E-state index contributed by atoms with van der Waals surface area (Å²) in [5, 5.41) is 2.93. The molecule has 2 amide bonds. The van der Waals surface area contributed by atoms with Crippen LogP contribution in [0.1, 0.15) is 39.9 Å². The Morgan fingerprint density at radius 3 is 2.47 bits per heavy atom. The van der Waals surface area contributed by atoms with E-state index in [0.717, 1.165) is 30.6 Å². The molecule has 4 rings (SSSR count). The van der Waals surface area contributed by atoms with Gasteiger partial charge in [0.05, 0.1) is 19.1 Å². The lowest BCUT2D eigenvalue weighted by atomic mass is 10.1. The molecule has 0 spiro atoms. The standard InChI is InChI=1S/C28H29FN2O3/c1-20-7-11-23(12-8-20)28(33)31(19-22-4-2-5-24(29)16-22)25-13-9-21(10-14-25)17-27(32)30-18-26-6-3-15-34-26/h2,4-5,7-14,16,26H,3,6,15,17-19H2,1H3,(H,30,32)/t26-/m0/s1. The summed E-state index contributed by atoms with van der Waals surface area (Å²) >= 11 is 0. The second-order valence-electron chi connectivity index (χ2n) is 8.67. The quantitative estimate of drug-likeness (QED) is 0.524. The summed E-state index contributed by atoms with van der Waals surface area (Å²) in [6.07, 6.45) is 2.37. The van der Waals surface area contributed by atoms with E-state index in [1.54, 1.807) is 29.2 Å². The van der Waals surface area contributed by atoms with Gasteiger partial charge in [-0.3, -0.25) is 9.59 Å². The van der Waals surface area contributed by atoms with E-state index in [9.17, 15) is 14.0 Å². The molecule has 5 nitrogen and oxygen atoms in total. The predicted octanol–water partition coefficient (Wildman–Crippen LogP) is 4.82. The van der Waals surface area contributed by atoms with Crippen molar-refractivity contribution in [1.29, 1.82) is 0 Å². The van der Waals surface area contributed by atoms with Crippen molar-refractivity contribution >= 4 is 17.5 Å². The third-order valence-electron chi connectivity index (χ3n) is 5.94. The summed E-state index contributed by atoms with van der Waals surface area (Å²) in [5.41, 5.74) is 3.84. The molecule has 0 aromatic heterocycles. The van der Waals surface area contributed by atoms with Crippen molar-refractivity contribution in [3.05, 3.63) is 101 Å². The smallest absolute Gasteiger partial charge is 0.258 e. The van der Waals surface area contributed by atoms with Gasteiger partial charge in [0.2, 0.25) is 5.91 Å². The molecule has 176 valence electrons. The van der Waals surface area contributed by atoms with Crippen LogP contribution < -0.4 is 10.2 Å².